The second kappa shape index (κ2) is 6.42. The average molecular weight is 317 g/mol. The summed E-state index contributed by atoms with van der Waals surface area (Å²) in [5.41, 5.74) is -0.128. The van der Waals surface area contributed by atoms with Crippen LogP contribution >= 0.6 is 0 Å². The Hall–Kier alpha value is -2.97. The highest BCUT2D eigenvalue weighted by Gasteiger charge is 2.28. The SMILES string of the molecule is O=C(Cn1cc([N+](=O)[O-])cn1)N1CC[C@@H](Oc2cccnc2)C1. The highest BCUT2D eigenvalue weighted by atomic mass is 16.6. The molecule has 0 bridgehead atoms. The summed E-state index contributed by atoms with van der Waals surface area (Å²) in [7, 11) is 0. The summed E-state index contributed by atoms with van der Waals surface area (Å²) in [4.78, 5) is 27.9. The number of nitrogens with zero attached hydrogens (tertiary/aromatic N) is 5. The van der Waals surface area contributed by atoms with Crippen LogP contribution in [0.2, 0.25) is 0 Å². The average Bonchev–Trinajstić information content (AvgIpc) is 3.18. The Labute approximate surface area is 131 Å². The van der Waals surface area contributed by atoms with Crippen molar-refractivity contribution in [2.24, 2.45) is 0 Å². The van der Waals surface area contributed by atoms with Crippen molar-refractivity contribution in [3.8, 4) is 5.75 Å². The molecule has 9 heteroatoms. The number of aromatic nitrogens is 3. The second-order valence-electron chi connectivity index (χ2n) is 5.21. The van der Waals surface area contributed by atoms with Gasteiger partial charge >= 0.3 is 5.69 Å². The Morgan fingerprint density at radius 3 is 3.04 bits per heavy atom. The number of carbonyl (C=O) groups is 1. The van der Waals surface area contributed by atoms with Crippen molar-refractivity contribution in [1.29, 1.82) is 0 Å². The molecule has 0 unspecified atom stereocenters. The molecule has 0 aromatic carbocycles. The quantitative estimate of drug-likeness (QED) is 0.598. The topological polar surface area (TPSA) is 103 Å². The van der Waals surface area contributed by atoms with Crippen LogP contribution in [0.3, 0.4) is 0 Å². The van der Waals surface area contributed by atoms with Crippen molar-refractivity contribution in [2.75, 3.05) is 13.1 Å². The maximum Gasteiger partial charge on any atom is 0.307 e. The van der Waals surface area contributed by atoms with E-state index in [-0.39, 0.29) is 24.2 Å². The molecule has 2 aromatic heterocycles. The number of nitro groups is 1. The molecule has 120 valence electrons. The number of likely N-dealkylation sites (tertiary alicyclic amines) is 1. The first-order valence-corrected chi connectivity index (χ1v) is 7.13. The van der Waals surface area contributed by atoms with E-state index in [0.717, 1.165) is 12.6 Å². The molecule has 3 rings (SSSR count). The fourth-order valence-corrected chi connectivity index (χ4v) is 2.43. The number of pyridine rings is 1. The van der Waals surface area contributed by atoms with Crippen LogP contribution in [0.5, 0.6) is 5.75 Å². The van der Waals surface area contributed by atoms with E-state index in [2.05, 4.69) is 10.1 Å². The van der Waals surface area contributed by atoms with Gasteiger partial charge in [0.2, 0.25) is 5.91 Å². The van der Waals surface area contributed by atoms with Gasteiger partial charge in [-0.05, 0) is 12.1 Å². The third-order valence-electron chi connectivity index (χ3n) is 3.56. The highest BCUT2D eigenvalue weighted by Crippen LogP contribution is 2.18. The Kier molecular flexibility index (Phi) is 4.18. The van der Waals surface area contributed by atoms with Crippen LogP contribution in [-0.4, -0.2) is 49.7 Å². The standard InChI is InChI=1S/C14H15N5O4/c20-14(10-18-8-11(6-16-18)19(21)22)17-5-3-13(9-17)23-12-2-1-4-15-7-12/h1-2,4,6-8,13H,3,5,9-10H2/t13-/m1/s1. The van der Waals surface area contributed by atoms with E-state index >= 15 is 0 Å². The van der Waals surface area contributed by atoms with Gasteiger partial charge in [0.05, 0.1) is 17.7 Å². The number of hydrogen-bond acceptors (Lipinski definition) is 6. The van der Waals surface area contributed by atoms with Gasteiger partial charge < -0.3 is 9.64 Å². The fourth-order valence-electron chi connectivity index (χ4n) is 2.43. The third kappa shape index (κ3) is 3.62. The van der Waals surface area contributed by atoms with E-state index in [4.69, 9.17) is 4.74 Å². The van der Waals surface area contributed by atoms with Crippen molar-refractivity contribution in [2.45, 2.75) is 19.1 Å². The predicted octanol–water partition coefficient (Wildman–Crippen LogP) is 0.866. The molecule has 1 atom stereocenters. The van der Waals surface area contributed by atoms with Crippen molar-refractivity contribution >= 4 is 11.6 Å². The molecule has 1 aliphatic rings. The van der Waals surface area contributed by atoms with E-state index in [1.807, 2.05) is 6.07 Å². The van der Waals surface area contributed by atoms with Crippen LogP contribution in [0.4, 0.5) is 5.69 Å². The van der Waals surface area contributed by atoms with E-state index in [1.165, 1.54) is 10.9 Å². The monoisotopic (exact) mass is 317 g/mol. The van der Waals surface area contributed by atoms with Crippen LogP contribution < -0.4 is 4.74 Å². The van der Waals surface area contributed by atoms with E-state index < -0.39 is 4.92 Å². The first kappa shape index (κ1) is 14.9. The van der Waals surface area contributed by atoms with Crippen LogP contribution in [0.15, 0.2) is 36.9 Å². The van der Waals surface area contributed by atoms with Crippen molar-refractivity contribution < 1.29 is 14.5 Å². The fraction of sp³-hybridized carbons (Fsp3) is 0.357. The molecule has 0 aliphatic carbocycles. The smallest absolute Gasteiger partial charge is 0.307 e. The van der Waals surface area contributed by atoms with Crippen LogP contribution in [-0.2, 0) is 11.3 Å². The lowest BCUT2D eigenvalue weighted by Gasteiger charge is -2.17. The number of carbonyl (C=O) groups excluding carboxylic acids is 1. The summed E-state index contributed by atoms with van der Waals surface area (Å²) >= 11 is 0. The van der Waals surface area contributed by atoms with Crippen molar-refractivity contribution in [3.05, 3.63) is 47.0 Å². The van der Waals surface area contributed by atoms with Gasteiger partial charge in [-0.3, -0.25) is 24.6 Å². The Morgan fingerprint density at radius 2 is 2.35 bits per heavy atom. The molecule has 1 aliphatic heterocycles. The van der Waals surface area contributed by atoms with Gasteiger partial charge in [0.25, 0.3) is 0 Å². The summed E-state index contributed by atoms with van der Waals surface area (Å²) in [6.07, 6.45) is 6.34. The molecule has 0 spiro atoms. The molecule has 3 heterocycles. The van der Waals surface area contributed by atoms with Gasteiger partial charge in [0, 0.05) is 19.2 Å². The first-order valence-electron chi connectivity index (χ1n) is 7.13. The predicted molar refractivity (Wildman–Crippen MR) is 78.7 cm³/mol. The summed E-state index contributed by atoms with van der Waals surface area (Å²) in [6, 6.07) is 3.61. The van der Waals surface area contributed by atoms with Crippen molar-refractivity contribution in [1.82, 2.24) is 19.7 Å². The van der Waals surface area contributed by atoms with Gasteiger partial charge in [-0.25, -0.2) is 0 Å². The molecule has 1 fully saturated rings. The van der Waals surface area contributed by atoms with Gasteiger partial charge in [0.1, 0.15) is 30.8 Å². The lowest BCUT2D eigenvalue weighted by Crippen LogP contribution is -2.33. The third-order valence-corrected chi connectivity index (χ3v) is 3.56. The molecule has 9 nitrogen and oxygen atoms in total. The van der Waals surface area contributed by atoms with Gasteiger partial charge in [0.15, 0.2) is 0 Å². The normalized spacial score (nSPS) is 17.2. The zero-order valence-electron chi connectivity index (χ0n) is 12.2. The molecule has 0 radical (unpaired) electrons. The molecule has 0 N–H and O–H groups in total. The highest BCUT2D eigenvalue weighted by molar-refractivity contribution is 5.76. The molecule has 0 saturated carbocycles. The minimum Gasteiger partial charge on any atom is -0.487 e. The van der Waals surface area contributed by atoms with Crippen molar-refractivity contribution in [3.63, 3.8) is 0 Å². The Bertz CT molecular complexity index is 702. The summed E-state index contributed by atoms with van der Waals surface area (Å²) in [6.45, 7) is 1.05. The maximum absolute atomic E-state index is 12.2. The summed E-state index contributed by atoms with van der Waals surface area (Å²) in [5, 5.41) is 14.4. The second-order valence-corrected chi connectivity index (χ2v) is 5.21. The van der Waals surface area contributed by atoms with E-state index in [1.54, 1.807) is 23.4 Å². The molecule has 1 saturated heterocycles. The number of hydrogen-bond donors (Lipinski definition) is 0. The summed E-state index contributed by atoms with van der Waals surface area (Å²) in [5.74, 6) is 0.537. The number of ether oxygens (including phenoxy) is 1. The summed E-state index contributed by atoms with van der Waals surface area (Å²) < 4.78 is 7.05. The maximum atomic E-state index is 12.2. The zero-order valence-corrected chi connectivity index (χ0v) is 12.2. The van der Waals surface area contributed by atoms with E-state index in [0.29, 0.717) is 18.8 Å². The molecular formula is C14H15N5O4. The van der Waals surface area contributed by atoms with Gasteiger partial charge in [-0.15, -0.1) is 0 Å². The molecule has 1 amide bonds. The largest absolute Gasteiger partial charge is 0.487 e. The first-order chi connectivity index (χ1) is 11.1. The molecule has 23 heavy (non-hydrogen) atoms. The van der Waals surface area contributed by atoms with Crippen LogP contribution in [0.25, 0.3) is 0 Å². The Morgan fingerprint density at radius 1 is 1.48 bits per heavy atom. The minimum absolute atomic E-state index is 0.0204. The molecule has 2 aromatic rings. The minimum atomic E-state index is -0.540. The lowest BCUT2D eigenvalue weighted by atomic mass is 10.3. The Balaban J connectivity index is 1.53. The van der Waals surface area contributed by atoms with E-state index in [9.17, 15) is 14.9 Å². The van der Waals surface area contributed by atoms with Gasteiger partial charge in [-0.1, -0.05) is 0 Å². The van der Waals surface area contributed by atoms with Crippen LogP contribution in [0.1, 0.15) is 6.42 Å². The van der Waals surface area contributed by atoms with Crippen LogP contribution in [0, 0.1) is 10.1 Å². The van der Waals surface area contributed by atoms with Gasteiger partial charge in [-0.2, -0.15) is 5.10 Å². The zero-order chi connectivity index (χ0) is 16.2. The number of amides is 1. The lowest BCUT2D eigenvalue weighted by molar-refractivity contribution is -0.385. The molecular weight excluding hydrogens is 302 g/mol. The number of rotatable bonds is 5.